The van der Waals surface area contributed by atoms with Crippen molar-refractivity contribution in [3.63, 3.8) is 0 Å². The van der Waals surface area contributed by atoms with Gasteiger partial charge in [0, 0.05) is 6.54 Å². The second-order valence-corrected chi connectivity index (χ2v) is 3.79. The van der Waals surface area contributed by atoms with Crippen molar-refractivity contribution in [1.29, 1.82) is 0 Å². The lowest BCUT2D eigenvalue weighted by Gasteiger charge is -2.05. The normalized spacial score (nSPS) is 11.3. The van der Waals surface area contributed by atoms with Crippen LogP contribution in [-0.2, 0) is 9.59 Å². The van der Waals surface area contributed by atoms with Crippen LogP contribution in [-0.4, -0.2) is 71.3 Å². The van der Waals surface area contributed by atoms with Crippen LogP contribution in [0.3, 0.4) is 0 Å². The molecule has 0 fully saturated rings. The summed E-state index contributed by atoms with van der Waals surface area (Å²) >= 11 is 0. The first-order valence-electron chi connectivity index (χ1n) is 6.07. The van der Waals surface area contributed by atoms with Crippen LogP contribution in [0.25, 0.3) is 0 Å². The van der Waals surface area contributed by atoms with Gasteiger partial charge in [-0.3, -0.25) is 9.59 Å². The number of hydrogen-bond acceptors (Lipinski definition) is 6. The summed E-state index contributed by atoms with van der Waals surface area (Å²) in [5, 5.41) is 38.4. The molecule has 0 heterocycles. The molecule has 0 amide bonds. The average molecular weight is 280 g/mol. The van der Waals surface area contributed by atoms with E-state index < -0.39 is 18.0 Å². The van der Waals surface area contributed by atoms with E-state index in [4.69, 9.17) is 20.4 Å². The highest BCUT2D eigenvalue weighted by Crippen LogP contribution is 1.80. The van der Waals surface area contributed by atoms with E-state index in [0.29, 0.717) is 0 Å². The topological polar surface area (TPSA) is 139 Å². The molecule has 0 rings (SSSR count). The first-order valence-corrected chi connectivity index (χ1v) is 6.07. The minimum Gasteiger partial charge on any atom is -0.480 e. The highest BCUT2D eigenvalue weighted by molar-refractivity contribution is 5.69. The average Bonchev–Trinajstić information content (AvgIpc) is 2.34. The van der Waals surface area contributed by atoms with Gasteiger partial charge in [-0.1, -0.05) is 13.3 Å². The molecule has 0 saturated heterocycles. The molecule has 19 heavy (non-hydrogen) atoms. The second-order valence-electron chi connectivity index (χ2n) is 3.79. The Hall–Kier alpha value is -1.22. The Morgan fingerprint density at radius 3 is 2.05 bits per heavy atom. The highest BCUT2D eigenvalue weighted by Gasteiger charge is 2.01. The van der Waals surface area contributed by atoms with Crippen LogP contribution in [0.1, 0.15) is 19.8 Å². The van der Waals surface area contributed by atoms with Crippen molar-refractivity contribution < 1.29 is 30.0 Å². The summed E-state index contributed by atoms with van der Waals surface area (Å²) in [5.74, 6) is -1.77. The van der Waals surface area contributed by atoms with Crippen LogP contribution >= 0.6 is 0 Å². The summed E-state index contributed by atoms with van der Waals surface area (Å²) in [4.78, 5) is 19.8. The molecule has 0 spiro atoms. The predicted octanol–water partition coefficient (Wildman–Crippen LogP) is -1.53. The minimum absolute atomic E-state index is 0.0833. The molecule has 0 saturated carbocycles. The van der Waals surface area contributed by atoms with Gasteiger partial charge in [0.15, 0.2) is 0 Å². The van der Waals surface area contributed by atoms with Gasteiger partial charge in [-0.25, -0.2) is 0 Å². The Morgan fingerprint density at radius 1 is 1.11 bits per heavy atom. The zero-order valence-corrected chi connectivity index (χ0v) is 11.1. The largest absolute Gasteiger partial charge is 0.480 e. The number of hydrogen-bond donors (Lipinski definition) is 6. The quantitative estimate of drug-likeness (QED) is 0.265. The molecule has 0 bridgehead atoms. The van der Waals surface area contributed by atoms with Crippen molar-refractivity contribution >= 4 is 11.9 Å². The molecule has 114 valence electrons. The van der Waals surface area contributed by atoms with Gasteiger partial charge in [-0.15, -0.1) is 0 Å². The zero-order chi connectivity index (χ0) is 15.1. The van der Waals surface area contributed by atoms with Crippen LogP contribution in [0.5, 0.6) is 0 Å². The lowest BCUT2D eigenvalue weighted by atomic mass is 10.3. The molecule has 0 aromatic carbocycles. The monoisotopic (exact) mass is 280 g/mol. The summed E-state index contributed by atoms with van der Waals surface area (Å²) < 4.78 is 0. The lowest BCUT2D eigenvalue weighted by molar-refractivity contribution is -0.137. The number of aliphatic hydroxyl groups excluding tert-OH is 2. The number of carboxylic acid groups (broad SMARTS) is 2. The van der Waals surface area contributed by atoms with E-state index in [1.54, 1.807) is 0 Å². The highest BCUT2D eigenvalue weighted by atomic mass is 16.4. The molecule has 0 aliphatic carbocycles. The van der Waals surface area contributed by atoms with Crippen molar-refractivity contribution in [2.75, 3.05) is 32.8 Å². The molecule has 1 unspecified atom stereocenters. The number of nitrogens with one attached hydrogen (secondary N) is 2. The summed E-state index contributed by atoms with van der Waals surface area (Å²) in [5.41, 5.74) is 0. The maximum Gasteiger partial charge on any atom is 0.317 e. The van der Waals surface area contributed by atoms with E-state index in [0.717, 1.165) is 19.4 Å². The summed E-state index contributed by atoms with van der Waals surface area (Å²) in [6.45, 7) is 2.51. The fourth-order valence-corrected chi connectivity index (χ4v) is 0.907. The van der Waals surface area contributed by atoms with Crippen LogP contribution in [0.4, 0.5) is 0 Å². The molecular weight excluding hydrogens is 256 g/mol. The lowest BCUT2D eigenvalue weighted by Crippen LogP contribution is -2.32. The molecule has 0 aliphatic rings. The molecule has 0 aromatic rings. The van der Waals surface area contributed by atoms with Gasteiger partial charge in [-0.05, 0) is 13.0 Å². The van der Waals surface area contributed by atoms with E-state index >= 15 is 0 Å². The molecule has 6 N–H and O–H groups in total. The number of aliphatic carboxylic acids is 2. The van der Waals surface area contributed by atoms with Crippen molar-refractivity contribution in [2.45, 2.75) is 25.9 Å². The van der Waals surface area contributed by atoms with Crippen LogP contribution < -0.4 is 10.6 Å². The Kier molecular flexibility index (Phi) is 15.7. The molecule has 8 nitrogen and oxygen atoms in total. The standard InChI is InChI=1S/C6H13NO2.C5H11NO4/c1-2-3-4-7-5-6(8)9;7-3-4(8)1-6-2-5(9)10/h7H,2-5H2,1H3,(H,8,9);4,6-8H,1-3H2,(H,9,10). The van der Waals surface area contributed by atoms with Gasteiger partial charge >= 0.3 is 11.9 Å². The second kappa shape index (κ2) is 14.8. The molecule has 0 aliphatic heterocycles. The third-order valence-corrected chi connectivity index (χ3v) is 1.85. The first kappa shape index (κ1) is 20.1. The fraction of sp³-hybridized carbons (Fsp3) is 0.818. The van der Waals surface area contributed by atoms with E-state index in [-0.39, 0.29) is 26.2 Å². The summed E-state index contributed by atoms with van der Waals surface area (Å²) in [6, 6.07) is 0. The number of unbranched alkanes of at least 4 members (excludes halogenated alkanes) is 1. The number of rotatable bonds is 10. The fourth-order valence-electron chi connectivity index (χ4n) is 0.907. The maximum absolute atomic E-state index is 9.90. The number of carboxylic acids is 2. The molecule has 8 heteroatoms. The Labute approximate surface area is 112 Å². The Balaban J connectivity index is 0. The van der Waals surface area contributed by atoms with Crippen LogP contribution in [0, 0.1) is 0 Å². The van der Waals surface area contributed by atoms with E-state index in [9.17, 15) is 9.59 Å². The number of aliphatic hydroxyl groups is 2. The zero-order valence-electron chi connectivity index (χ0n) is 11.1. The van der Waals surface area contributed by atoms with Gasteiger partial charge in [0.2, 0.25) is 0 Å². The van der Waals surface area contributed by atoms with Gasteiger partial charge < -0.3 is 31.1 Å². The van der Waals surface area contributed by atoms with E-state index in [2.05, 4.69) is 17.6 Å². The first-order chi connectivity index (χ1) is 8.93. The maximum atomic E-state index is 9.90. The smallest absolute Gasteiger partial charge is 0.317 e. The van der Waals surface area contributed by atoms with Crippen molar-refractivity contribution in [3.8, 4) is 0 Å². The summed E-state index contributed by atoms with van der Waals surface area (Å²) in [6.07, 6.45) is 1.28. The minimum atomic E-state index is -0.981. The van der Waals surface area contributed by atoms with Gasteiger partial charge in [-0.2, -0.15) is 0 Å². The van der Waals surface area contributed by atoms with Crippen LogP contribution in [0.2, 0.25) is 0 Å². The van der Waals surface area contributed by atoms with Crippen LogP contribution in [0.15, 0.2) is 0 Å². The predicted molar refractivity (Wildman–Crippen MR) is 69.0 cm³/mol. The number of carbonyl (C=O) groups is 2. The van der Waals surface area contributed by atoms with Crippen molar-refractivity contribution in [2.24, 2.45) is 0 Å². The van der Waals surface area contributed by atoms with E-state index in [1.165, 1.54) is 0 Å². The van der Waals surface area contributed by atoms with E-state index in [1.807, 2.05) is 0 Å². The van der Waals surface area contributed by atoms with Crippen molar-refractivity contribution in [3.05, 3.63) is 0 Å². The molecule has 1 atom stereocenters. The van der Waals surface area contributed by atoms with Gasteiger partial charge in [0.1, 0.15) is 0 Å². The Morgan fingerprint density at radius 2 is 1.63 bits per heavy atom. The SMILES string of the molecule is CCCCNCC(=O)O.O=C(O)CNCC(O)CO. The Bertz CT molecular complexity index is 237. The molecule has 0 aromatic heterocycles. The third-order valence-electron chi connectivity index (χ3n) is 1.85. The van der Waals surface area contributed by atoms with Crippen molar-refractivity contribution in [1.82, 2.24) is 10.6 Å². The third kappa shape index (κ3) is 22.4. The van der Waals surface area contributed by atoms with Gasteiger partial charge in [0.05, 0.1) is 25.8 Å². The van der Waals surface area contributed by atoms with Gasteiger partial charge in [0.25, 0.3) is 0 Å². The molecule has 0 radical (unpaired) electrons. The summed E-state index contributed by atoms with van der Waals surface area (Å²) in [7, 11) is 0. The molecular formula is C11H24N2O6.